The Morgan fingerprint density at radius 1 is 0.844 bits per heavy atom. The predicted molar refractivity (Wildman–Crippen MR) is 175 cm³/mol. The molecule has 2 aromatic heterocycles. The maximum Gasteiger partial charge on any atom is 0.243 e. The van der Waals surface area contributed by atoms with Crippen molar-refractivity contribution in [3.05, 3.63) is 66.1 Å². The number of fused-ring (bicyclic) bond motifs is 1. The quantitative estimate of drug-likeness (QED) is 0.271. The van der Waals surface area contributed by atoms with Gasteiger partial charge in [0.2, 0.25) is 23.6 Å². The van der Waals surface area contributed by atoms with Crippen LogP contribution in [-0.4, -0.2) is 70.3 Å². The second-order valence-electron chi connectivity index (χ2n) is 12.6. The molecule has 1 aromatic carbocycles. The van der Waals surface area contributed by atoms with E-state index in [1.165, 1.54) is 7.05 Å². The van der Waals surface area contributed by atoms with Gasteiger partial charge in [-0.2, -0.15) is 0 Å². The lowest BCUT2D eigenvalue weighted by Gasteiger charge is -2.27. The van der Waals surface area contributed by atoms with Gasteiger partial charge in [-0.1, -0.05) is 51.0 Å². The highest BCUT2D eigenvalue weighted by molar-refractivity contribution is 5.94. The SMILES string of the molecule is CNC(=O)[C@@H](Cc1ccccn1)NC(=O)[C@@H](Cc1cn(C)c2ccccc12)NC(=O)[C@H](CC(=O)N1CCCCCC1)CC(C)C. The Labute approximate surface area is 266 Å². The lowest BCUT2D eigenvalue weighted by atomic mass is 9.92. The maximum atomic E-state index is 14.0. The molecule has 3 atom stereocenters. The Morgan fingerprint density at radius 3 is 2.18 bits per heavy atom. The standard InChI is InChI=1S/C35H48N6O4/c1-24(2)19-25(21-32(42)41-17-11-5-6-12-18-41)33(43)38-29(20-26-23-40(4)31-15-8-7-14-28(26)31)35(45)39-30(34(44)36-3)22-27-13-9-10-16-37-27/h7-10,13-16,23-25,29-30H,5-6,11-12,17-22H2,1-4H3,(H,36,44)(H,38,43)(H,39,45)/t25-,29+,30+/m0/s1. The molecule has 3 aromatic rings. The van der Waals surface area contributed by atoms with E-state index in [1.807, 2.05) is 66.9 Å². The molecule has 4 amide bonds. The highest BCUT2D eigenvalue weighted by atomic mass is 16.2. The molecule has 10 heteroatoms. The Balaban J connectivity index is 1.59. The number of nitrogens with one attached hydrogen (secondary N) is 3. The number of rotatable bonds is 13. The molecule has 0 radical (unpaired) electrons. The van der Waals surface area contributed by atoms with E-state index in [2.05, 4.69) is 20.9 Å². The molecule has 10 nitrogen and oxygen atoms in total. The van der Waals surface area contributed by atoms with Crippen molar-refractivity contribution in [3.63, 3.8) is 0 Å². The summed E-state index contributed by atoms with van der Waals surface area (Å²) >= 11 is 0. The summed E-state index contributed by atoms with van der Waals surface area (Å²) in [4.78, 5) is 60.4. The van der Waals surface area contributed by atoms with Crippen molar-refractivity contribution >= 4 is 34.5 Å². The van der Waals surface area contributed by atoms with Gasteiger partial charge in [0.1, 0.15) is 12.1 Å². The van der Waals surface area contributed by atoms with Gasteiger partial charge in [-0.15, -0.1) is 0 Å². The Kier molecular flexibility index (Phi) is 12.1. The van der Waals surface area contributed by atoms with Crippen molar-refractivity contribution in [2.24, 2.45) is 18.9 Å². The van der Waals surface area contributed by atoms with E-state index in [-0.39, 0.29) is 42.9 Å². The molecule has 0 unspecified atom stereocenters. The summed E-state index contributed by atoms with van der Waals surface area (Å²) in [6.45, 7) is 5.50. The van der Waals surface area contributed by atoms with E-state index in [9.17, 15) is 19.2 Å². The molecule has 3 N–H and O–H groups in total. The smallest absolute Gasteiger partial charge is 0.243 e. The number of hydrogen-bond donors (Lipinski definition) is 3. The van der Waals surface area contributed by atoms with E-state index >= 15 is 0 Å². The van der Waals surface area contributed by atoms with Crippen LogP contribution in [0.2, 0.25) is 0 Å². The molecule has 1 fully saturated rings. The molecule has 1 aliphatic rings. The summed E-state index contributed by atoms with van der Waals surface area (Å²) in [5.74, 6) is -1.56. The van der Waals surface area contributed by atoms with Crippen molar-refractivity contribution in [1.29, 1.82) is 0 Å². The molecule has 242 valence electrons. The zero-order valence-corrected chi connectivity index (χ0v) is 27.1. The molecule has 3 heterocycles. The summed E-state index contributed by atoms with van der Waals surface area (Å²) < 4.78 is 2.00. The number of aryl methyl sites for hydroxylation is 1. The van der Waals surface area contributed by atoms with Crippen LogP contribution in [0.3, 0.4) is 0 Å². The monoisotopic (exact) mass is 616 g/mol. The molecule has 0 saturated carbocycles. The Morgan fingerprint density at radius 2 is 1.51 bits per heavy atom. The first kappa shape index (κ1) is 33.7. The third-order valence-corrected chi connectivity index (χ3v) is 8.56. The first-order valence-corrected chi connectivity index (χ1v) is 16.2. The van der Waals surface area contributed by atoms with Gasteiger partial charge in [-0.05, 0) is 48.9 Å². The normalized spacial score (nSPS) is 15.6. The van der Waals surface area contributed by atoms with Crippen molar-refractivity contribution in [2.45, 2.75) is 77.3 Å². The first-order valence-electron chi connectivity index (χ1n) is 16.2. The summed E-state index contributed by atoms with van der Waals surface area (Å²) in [5, 5.41) is 9.52. The minimum absolute atomic E-state index is 0.0113. The van der Waals surface area contributed by atoms with Crippen LogP contribution in [0.15, 0.2) is 54.9 Å². The van der Waals surface area contributed by atoms with Gasteiger partial charge in [0.15, 0.2) is 0 Å². The van der Waals surface area contributed by atoms with E-state index in [0.717, 1.165) is 55.2 Å². The van der Waals surface area contributed by atoms with Crippen LogP contribution < -0.4 is 16.0 Å². The minimum atomic E-state index is -0.970. The number of hydrogen-bond acceptors (Lipinski definition) is 5. The van der Waals surface area contributed by atoms with E-state index in [4.69, 9.17) is 0 Å². The highest BCUT2D eigenvalue weighted by Crippen LogP contribution is 2.23. The topological polar surface area (TPSA) is 125 Å². The molecule has 0 aliphatic carbocycles. The molecule has 0 spiro atoms. The number of nitrogens with zero attached hydrogens (tertiary/aromatic N) is 3. The summed E-state index contributed by atoms with van der Waals surface area (Å²) in [6, 6.07) is 11.5. The molecule has 1 saturated heterocycles. The second kappa shape index (κ2) is 16.2. The van der Waals surface area contributed by atoms with E-state index in [0.29, 0.717) is 12.1 Å². The molecular formula is C35H48N6O4. The van der Waals surface area contributed by atoms with Crippen molar-refractivity contribution in [2.75, 3.05) is 20.1 Å². The largest absolute Gasteiger partial charge is 0.357 e. The summed E-state index contributed by atoms with van der Waals surface area (Å²) in [5.41, 5.74) is 2.57. The number of para-hydroxylation sites is 1. The highest BCUT2D eigenvalue weighted by Gasteiger charge is 2.32. The number of pyridine rings is 1. The van der Waals surface area contributed by atoms with Crippen LogP contribution in [0.25, 0.3) is 10.9 Å². The predicted octanol–water partition coefficient (Wildman–Crippen LogP) is 3.53. The fourth-order valence-corrected chi connectivity index (χ4v) is 6.20. The van der Waals surface area contributed by atoms with Gasteiger partial charge >= 0.3 is 0 Å². The van der Waals surface area contributed by atoms with Crippen LogP contribution in [0.4, 0.5) is 0 Å². The van der Waals surface area contributed by atoms with Gasteiger partial charge in [-0.25, -0.2) is 0 Å². The average Bonchev–Trinajstić information content (AvgIpc) is 3.17. The summed E-state index contributed by atoms with van der Waals surface area (Å²) in [6.07, 6.45) is 8.83. The molecular weight excluding hydrogens is 568 g/mol. The third kappa shape index (κ3) is 9.39. The zero-order valence-electron chi connectivity index (χ0n) is 27.1. The van der Waals surface area contributed by atoms with Crippen molar-refractivity contribution in [1.82, 2.24) is 30.4 Å². The lowest BCUT2D eigenvalue weighted by molar-refractivity contribution is -0.138. The Bertz CT molecular complexity index is 1440. The second-order valence-corrected chi connectivity index (χ2v) is 12.6. The minimum Gasteiger partial charge on any atom is -0.357 e. The number of likely N-dealkylation sites (tertiary alicyclic amines) is 1. The van der Waals surface area contributed by atoms with Crippen molar-refractivity contribution < 1.29 is 19.2 Å². The number of carbonyl (C=O) groups is 4. The van der Waals surface area contributed by atoms with Gasteiger partial charge in [0.25, 0.3) is 0 Å². The van der Waals surface area contributed by atoms with Crippen LogP contribution in [0.1, 0.15) is 63.6 Å². The van der Waals surface area contributed by atoms with Gasteiger partial charge < -0.3 is 25.4 Å². The van der Waals surface area contributed by atoms with Crippen LogP contribution in [0.5, 0.6) is 0 Å². The zero-order chi connectivity index (χ0) is 32.3. The molecule has 45 heavy (non-hydrogen) atoms. The number of aromatic nitrogens is 2. The van der Waals surface area contributed by atoms with Crippen molar-refractivity contribution in [3.8, 4) is 0 Å². The van der Waals surface area contributed by atoms with Crippen LogP contribution in [-0.2, 0) is 39.1 Å². The van der Waals surface area contributed by atoms with Crippen LogP contribution >= 0.6 is 0 Å². The first-order chi connectivity index (χ1) is 21.7. The number of carbonyl (C=O) groups excluding carboxylic acids is 4. The fourth-order valence-electron chi connectivity index (χ4n) is 6.20. The van der Waals surface area contributed by atoms with Crippen LogP contribution in [0, 0.1) is 11.8 Å². The fraction of sp³-hybridized carbons (Fsp3) is 0.514. The number of amides is 4. The molecule has 4 rings (SSSR count). The van der Waals surface area contributed by atoms with E-state index < -0.39 is 23.9 Å². The number of benzene rings is 1. The third-order valence-electron chi connectivity index (χ3n) is 8.56. The van der Waals surface area contributed by atoms with Gasteiger partial charge in [0.05, 0.1) is 0 Å². The Hall–Kier alpha value is -4.21. The molecule has 1 aliphatic heterocycles. The van der Waals surface area contributed by atoms with E-state index in [1.54, 1.807) is 18.3 Å². The lowest BCUT2D eigenvalue weighted by Crippen LogP contribution is -2.55. The maximum absolute atomic E-state index is 14.0. The average molecular weight is 617 g/mol. The van der Waals surface area contributed by atoms with Gasteiger partial charge in [-0.3, -0.25) is 24.2 Å². The summed E-state index contributed by atoms with van der Waals surface area (Å²) in [7, 11) is 3.47. The number of likely N-dealkylation sites (N-methyl/N-ethyl adjacent to an activating group) is 1. The van der Waals surface area contributed by atoms with Gasteiger partial charge in [0, 0.05) is 81.4 Å². The molecule has 0 bridgehead atoms.